The van der Waals surface area contributed by atoms with Crippen molar-refractivity contribution in [2.24, 2.45) is 0 Å². The van der Waals surface area contributed by atoms with Gasteiger partial charge in [0.1, 0.15) is 18.8 Å². The summed E-state index contributed by atoms with van der Waals surface area (Å²) in [6.07, 6.45) is 51.5. The number of esters is 3. The number of carbonyl (C=O) groups excluding carboxylic acids is 3. The van der Waals surface area contributed by atoms with Crippen molar-refractivity contribution in [1.82, 2.24) is 0 Å². The predicted octanol–water partition coefficient (Wildman–Crippen LogP) is 15.3. The van der Waals surface area contributed by atoms with E-state index in [0.717, 1.165) is 148 Å². The van der Waals surface area contributed by atoms with Crippen molar-refractivity contribution >= 4 is 23.9 Å². The summed E-state index contributed by atoms with van der Waals surface area (Å²) >= 11 is 0. The largest absolute Gasteiger partial charge is 0.479 e. The molecule has 0 spiro atoms. The van der Waals surface area contributed by atoms with Gasteiger partial charge in [-0.1, -0.05) is 196 Å². The second-order valence-electron chi connectivity index (χ2n) is 20.2. The van der Waals surface area contributed by atoms with Gasteiger partial charge in [0, 0.05) is 19.3 Å². The van der Waals surface area contributed by atoms with Crippen LogP contribution in [0.3, 0.4) is 0 Å². The molecule has 3 N–H and O–H groups in total. The van der Waals surface area contributed by atoms with Crippen LogP contribution in [-0.2, 0) is 42.9 Å². The zero-order valence-corrected chi connectivity index (χ0v) is 47.3. The fraction of sp³-hybridized carbons (Fsp3) is 0.746. The van der Waals surface area contributed by atoms with Crippen molar-refractivity contribution in [3.63, 3.8) is 0 Å². The quantitative estimate of drug-likeness (QED) is 0.0228. The number of carboxylic acid groups (broad SMARTS) is 1. The Balaban J connectivity index is 2.70. The summed E-state index contributed by atoms with van der Waals surface area (Å²) in [6, 6.07) is 0. The standard InChI is InChI=1S/C63H106O12/c1-4-7-10-13-16-19-22-25-27-28-30-33-36-39-42-45-48-51-57(66)74-61-59(68)58(67)60(62(69)70)75-63(61)72-53-54(73-56(65)50-47-44-41-38-35-31-24-21-18-15-12-9-6-3)52-71-55(64)49-46-43-40-37-34-32-29-26-23-20-17-14-11-8-5-2/h7,10,16-17,19-21,24-27,29,54,58-61,63,67-68H,4-6,8-9,11-15,18,22-23,28,30-53H2,1-3H3,(H,69,70)/b10-7-,19-16-,20-17-,24-21-,27-25-,29-26-. The maximum Gasteiger partial charge on any atom is 0.335 e. The molecule has 1 saturated heterocycles. The normalized spacial score (nSPS) is 18.7. The monoisotopic (exact) mass is 1050 g/mol. The Hall–Kier alpha value is -3.84. The first kappa shape index (κ1) is 69.2. The predicted molar refractivity (Wildman–Crippen MR) is 303 cm³/mol. The van der Waals surface area contributed by atoms with Gasteiger partial charge in [-0.15, -0.1) is 0 Å². The van der Waals surface area contributed by atoms with E-state index in [1.807, 2.05) is 0 Å². The lowest BCUT2D eigenvalue weighted by Crippen LogP contribution is -2.61. The molecule has 6 atom stereocenters. The number of aliphatic carboxylic acids is 1. The van der Waals surface area contributed by atoms with Gasteiger partial charge in [0.05, 0.1) is 6.61 Å². The number of allylic oxidation sites excluding steroid dienone is 12. The van der Waals surface area contributed by atoms with Gasteiger partial charge in [-0.2, -0.15) is 0 Å². The van der Waals surface area contributed by atoms with Crippen LogP contribution in [0.4, 0.5) is 0 Å². The molecule has 1 aliphatic rings. The second kappa shape index (κ2) is 50.9. The Kier molecular flexibility index (Phi) is 47.0. The molecule has 0 saturated carbocycles. The molecule has 12 nitrogen and oxygen atoms in total. The van der Waals surface area contributed by atoms with Gasteiger partial charge < -0.3 is 39.0 Å². The highest BCUT2D eigenvalue weighted by Gasteiger charge is 2.50. The average molecular weight is 1060 g/mol. The fourth-order valence-electron chi connectivity index (χ4n) is 8.64. The van der Waals surface area contributed by atoms with E-state index >= 15 is 0 Å². The van der Waals surface area contributed by atoms with Crippen molar-refractivity contribution in [3.8, 4) is 0 Å². The van der Waals surface area contributed by atoms with E-state index in [9.17, 15) is 34.5 Å². The number of hydrogen-bond donors (Lipinski definition) is 3. The molecule has 0 amide bonds. The first-order chi connectivity index (χ1) is 36.6. The van der Waals surface area contributed by atoms with Crippen LogP contribution in [0.5, 0.6) is 0 Å². The average Bonchev–Trinajstić information content (AvgIpc) is 3.39. The minimum atomic E-state index is -1.91. The third kappa shape index (κ3) is 41.0. The Morgan fingerprint density at radius 3 is 1.32 bits per heavy atom. The zero-order chi connectivity index (χ0) is 54.7. The van der Waals surface area contributed by atoms with E-state index in [2.05, 4.69) is 93.7 Å². The number of carboxylic acids is 1. The maximum atomic E-state index is 13.1. The molecular formula is C63H106O12. The van der Waals surface area contributed by atoms with E-state index in [4.69, 9.17) is 23.7 Å². The smallest absolute Gasteiger partial charge is 0.335 e. The number of hydrogen-bond acceptors (Lipinski definition) is 11. The van der Waals surface area contributed by atoms with Crippen molar-refractivity contribution < 1.29 is 58.2 Å². The molecule has 0 aromatic rings. The summed E-state index contributed by atoms with van der Waals surface area (Å²) in [6.45, 7) is 5.82. The van der Waals surface area contributed by atoms with Crippen molar-refractivity contribution in [2.45, 2.75) is 289 Å². The molecule has 1 aliphatic heterocycles. The molecule has 12 heteroatoms. The number of rotatable bonds is 50. The summed E-state index contributed by atoms with van der Waals surface area (Å²) < 4.78 is 28.4. The van der Waals surface area contributed by atoms with Crippen LogP contribution in [0.25, 0.3) is 0 Å². The maximum absolute atomic E-state index is 13.1. The molecule has 0 radical (unpaired) electrons. The third-order valence-electron chi connectivity index (χ3n) is 13.2. The molecule has 6 unspecified atom stereocenters. The Morgan fingerprint density at radius 1 is 0.453 bits per heavy atom. The summed E-state index contributed by atoms with van der Waals surface area (Å²) in [5, 5.41) is 31.5. The lowest BCUT2D eigenvalue weighted by molar-refractivity contribution is -0.301. The van der Waals surface area contributed by atoms with Gasteiger partial charge in [-0.3, -0.25) is 14.4 Å². The van der Waals surface area contributed by atoms with Gasteiger partial charge in [-0.25, -0.2) is 4.79 Å². The van der Waals surface area contributed by atoms with Crippen molar-refractivity contribution in [3.05, 3.63) is 72.9 Å². The highest BCUT2D eigenvalue weighted by Crippen LogP contribution is 2.26. The van der Waals surface area contributed by atoms with Crippen LogP contribution in [0.15, 0.2) is 72.9 Å². The minimum absolute atomic E-state index is 0.0453. The molecule has 0 aromatic heterocycles. The van der Waals surface area contributed by atoms with Crippen molar-refractivity contribution in [1.29, 1.82) is 0 Å². The summed E-state index contributed by atoms with van der Waals surface area (Å²) in [5.74, 6) is -3.16. The van der Waals surface area contributed by atoms with Crippen LogP contribution in [0.2, 0.25) is 0 Å². The molecule has 0 bridgehead atoms. The van der Waals surface area contributed by atoms with Gasteiger partial charge in [0.2, 0.25) is 0 Å². The third-order valence-corrected chi connectivity index (χ3v) is 13.2. The topological polar surface area (TPSA) is 175 Å². The van der Waals surface area contributed by atoms with Crippen LogP contribution >= 0.6 is 0 Å². The molecule has 430 valence electrons. The number of ether oxygens (including phenoxy) is 5. The first-order valence-electron chi connectivity index (χ1n) is 29.9. The number of carbonyl (C=O) groups is 4. The lowest BCUT2D eigenvalue weighted by Gasteiger charge is -2.40. The van der Waals surface area contributed by atoms with Crippen LogP contribution in [0.1, 0.15) is 252 Å². The Bertz CT molecular complexity index is 1580. The SMILES string of the molecule is CC/C=C\C/C=C\C/C=C\CCCCCCCCCC(=O)OC1C(OCC(COC(=O)CCCCCCC/C=C\C/C=C\CCCCC)OC(=O)CCCCCCC/C=C\CCCCCC)OC(C(=O)O)C(O)C1O. The molecule has 1 fully saturated rings. The van der Waals surface area contributed by atoms with Crippen molar-refractivity contribution in [2.75, 3.05) is 13.2 Å². The second-order valence-corrected chi connectivity index (χ2v) is 20.2. The van der Waals surface area contributed by atoms with Gasteiger partial charge in [0.25, 0.3) is 0 Å². The Morgan fingerprint density at radius 2 is 0.840 bits per heavy atom. The van der Waals surface area contributed by atoms with E-state index in [1.54, 1.807) is 0 Å². The van der Waals surface area contributed by atoms with Crippen LogP contribution in [0, 0.1) is 0 Å². The molecule has 0 aromatic carbocycles. The highest BCUT2D eigenvalue weighted by molar-refractivity contribution is 5.74. The van der Waals surface area contributed by atoms with E-state index in [1.165, 1.54) is 44.9 Å². The Labute approximate surface area is 455 Å². The molecule has 0 aliphatic carbocycles. The van der Waals surface area contributed by atoms with E-state index < -0.39 is 67.3 Å². The number of unbranched alkanes of at least 4 members (excludes halogenated alkanes) is 24. The lowest BCUT2D eigenvalue weighted by atomic mass is 9.98. The van der Waals surface area contributed by atoms with Gasteiger partial charge in [-0.05, 0) is 109 Å². The zero-order valence-electron chi connectivity index (χ0n) is 47.3. The van der Waals surface area contributed by atoms with E-state index in [-0.39, 0.29) is 25.9 Å². The molecule has 1 heterocycles. The molecule has 1 rings (SSSR count). The fourth-order valence-corrected chi connectivity index (χ4v) is 8.64. The first-order valence-corrected chi connectivity index (χ1v) is 29.9. The minimum Gasteiger partial charge on any atom is -0.479 e. The molecular weight excluding hydrogens is 949 g/mol. The van der Waals surface area contributed by atoms with Gasteiger partial charge in [0.15, 0.2) is 24.6 Å². The summed E-state index contributed by atoms with van der Waals surface area (Å²) in [5.41, 5.74) is 0. The number of aliphatic hydroxyl groups is 2. The van der Waals surface area contributed by atoms with Crippen LogP contribution in [-0.4, -0.2) is 89.2 Å². The van der Waals surface area contributed by atoms with Crippen LogP contribution < -0.4 is 0 Å². The molecule has 75 heavy (non-hydrogen) atoms. The van der Waals surface area contributed by atoms with E-state index in [0.29, 0.717) is 19.3 Å². The highest BCUT2D eigenvalue weighted by atomic mass is 16.7. The summed E-state index contributed by atoms with van der Waals surface area (Å²) in [4.78, 5) is 51.1. The number of aliphatic hydroxyl groups excluding tert-OH is 2. The van der Waals surface area contributed by atoms with Gasteiger partial charge >= 0.3 is 23.9 Å². The summed E-state index contributed by atoms with van der Waals surface area (Å²) in [7, 11) is 0.